The highest BCUT2D eigenvalue weighted by Gasteiger charge is 2.22. The van der Waals surface area contributed by atoms with Crippen molar-refractivity contribution >= 4 is 61.2 Å². The molecular formula is C32H29ClFN3O5S2. The number of aliphatic hydroxyl groups is 2. The minimum atomic E-state index is -1.09. The molecule has 2 heterocycles. The number of aromatic nitrogens is 1. The quantitative estimate of drug-likeness (QED) is 0.136. The molecule has 0 bridgehead atoms. The Labute approximate surface area is 266 Å². The van der Waals surface area contributed by atoms with Gasteiger partial charge in [-0.15, -0.1) is 0 Å². The average Bonchev–Trinajstić information content (AvgIpc) is 3.52. The zero-order chi connectivity index (χ0) is 31.1. The topological polar surface area (TPSA) is 125 Å². The molecule has 8 nitrogen and oxygen atoms in total. The first-order valence-corrected chi connectivity index (χ1v) is 16.6. The van der Waals surface area contributed by atoms with Gasteiger partial charge in [-0.3, -0.25) is 9.78 Å². The number of ketones is 1. The van der Waals surface area contributed by atoms with Gasteiger partial charge >= 0.3 is 0 Å². The number of nitriles is 1. The fourth-order valence-electron chi connectivity index (χ4n) is 4.67. The minimum absolute atomic E-state index is 0.0522. The monoisotopic (exact) mass is 653 g/mol. The normalized spacial score (nSPS) is 15.1. The van der Waals surface area contributed by atoms with E-state index in [9.17, 15) is 24.7 Å². The van der Waals surface area contributed by atoms with Gasteiger partial charge in [0.2, 0.25) is 0 Å². The first kappa shape index (κ1) is 31.9. The SMILES string of the molecule is N#Cc1cnc2cc(OC[C@H](O)CO)c(CC(=O)C[C@H]3CCSS3)cc2c1Nc1ccc(OCc2cccc(F)c2)c(Cl)c1. The molecule has 2 atom stereocenters. The average molecular weight is 654 g/mol. The molecule has 1 saturated heterocycles. The lowest BCUT2D eigenvalue weighted by molar-refractivity contribution is -0.118. The van der Waals surface area contributed by atoms with E-state index in [0.29, 0.717) is 56.3 Å². The smallest absolute Gasteiger partial charge is 0.138 e. The van der Waals surface area contributed by atoms with Gasteiger partial charge in [-0.05, 0) is 48.4 Å². The summed E-state index contributed by atoms with van der Waals surface area (Å²) in [5.41, 5.74) is 3.08. The highest BCUT2D eigenvalue weighted by atomic mass is 35.5. The second-order valence-corrected chi connectivity index (χ2v) is 13.4. The Morgan fingerprint density at radius 1 is 1.20 bits per heavy atom. The van der Waals surface area contributed by atoms with Gasteiger partial charge in [0, 0.05) is 52.7 Å². The number of rotatable bonds is 13. The molecule has 1 aliphatic heterocycles. The van der Waals surface area contributed by atoms with Crippen LogP contribution in [-0.4, -0.2) is 51.3 Å². The van der Waals surface area contributed by atoms with Crippen LogP contribution in [-0.2, 0) is 17.8 Å². The molecule has 3 N–H and O–H groups in total. The summed E-state index contributed by atoms with van der Waals surface area (Å²) in [5.74, 6) is 1.51. The third-order valence-electron chi connectivity index (χ3n) is 6.87. The van der Waals surface area contributed by atoms with Crippen molar-refractivity contribution in [3.63, 3.8) is 0 Å². The van der Waals surface area contributed by atoms with Crippen molar-refractivity contribution in [3.05, 3.63) is 88.3 Å². The van der Waals surface area contributed by atoms with Gasteiger partial charge in [-0.2, -0.15) is 5.26 Å². The molecule has 0 spiro atoms. The number of aliphatic hydroxyl groups excluding tert-OH is 2. The highest BCUT2D eigenvalue weighted by molar-refractivity contribution is 8.77. The van der Waals surface area contributed by atoms with Crippen molar-refractivity contribution in [3.8, 4) is 17.6 Å². The van der Waals surface area contributed by atoms with Crippen molar-refractivity contribution in [1.82, 2.24) is 4.98 Å². The van der Waals surface area contributed by atoms with Gasteiger partial charge in [-0.1, -0.05) is 45.3 Å². The molecular weight excluding hydrogens is 625 g/mol. The molecule has 4 aromatic rings. The van der Waals surface area contributed by atoms with E-state index in [2.05, 4.69) is 16.4 Å². The Bertz CT molecular complexity index is 1700. The number of carbonyl (C=O) groups excluding carboxylic acids is 1. The van der Waals surface area contributed by atoms with Crippen molar-refractivity contribution in [1.29, 1.82) is 5.26 Å². The highest BCUT2D eigenvalue weighted by Crippen LogP contribution is 2.40. The van der Waals surface area contributed by atoms with Gasteiger partial charge < -0.3 is 25.0 Å². The maximum Gasteiger partial charge on any atom is 0.138 e. The molecule has 0 aliphatic carbocycles. The minimum Gasteiger partial charge on any atom is -0.490 e. The Balaban J connectivity index is 1.43. The van der Waals surface area contributed by atoms with Crippen molar-refractivity contribution in [2.75, 3.05) is 24.3 Å². The Hall–Kier alpha value is -3.53. The number of pyridine rings is 1. The van der Waals surface area contributed by atoms with Crippen LogP contribution in [0.3, 0.4) is 0 Å². The summed E-state index contributed by atoms with van der Waals surface area (Å²) < 4.78 is 25.1. The zero-order valence-corrected chi connectivity index (χ0v) is 25.9. The number of anilines is 2. The predicted octanol–water partition coefficient (Wildman–Crippen LogP) is 6.61. The number of fused-ring (bicyclic) bond motifs is 1. The van der Waals surface area contributed by atoms with E-state index in [0.717, 1.165) is 12.2 Å². The first-order valence-electron chi connectivity index (χ1n) is 13.8. The summed E-state index contributed by atoms with van der Waals surface area (Å²) in [4.78, 5) is 17.5. The van der Waals surface area contributed by atoms with Gasteiger partial charge in [0.15, 0.2) is 0 Å². The summed E-state index contributed by atoms with van der Waals surface area (Å²) in [7, 11) is 3.50. The number of nitrogens with one attached hydrogen (secondary N) is 1. The molecule has 1 fully saturated rings. The number of hydrogen-bond acceptors (Lipinski definition) is 10. The first-order chi connectivity index (χ1) is 21.3. The second kappa shape index (κ2) is 15.0. The molecule has 228 valence electrons. The van der Waals surface area contributed by atoms with Crippen LogP contribution in [0, 0.1) is 17.1 Å². The number of benzene rings is 3. The Kier molecular flexibility index (Phi) is 10.8. The fraction of sp³-hybridized carbons (Fsp3) is 0.281. The molecule has 5 rings (SSSR count). The molecule has 44 heavy (non-hydrogen) atoms. The summed E-state index contributed by atoms with van der Waals surface area (Å²) in [6.07, 6.45) is 1.86. The number of ether oxygens (including phenoxy) is 2. The molecule has 0 amide bonds. The number of nitrogens with zero attached hydrogens (tertiary/aromatic N) is 2. The lowest BCUT2D eigenvalue weighted by Crippen LogP contribution is -2.22. The second-order valence-electron chi connectivity index (χ2n) is 10.2. The van der Waals surface area contributed by atoms with Crippen LogP contribution in [0.1, 0.15) is 29.5 Å². The number of hydrogen-bond donors (Lipinski definition) is 3. The van der Waals surface area contributed by atoms with E-state index in [-0.39, 0.29) is 42.0 Å². The van der Waals surface area contributed by atoms with E-state index < -0.39 is 12.7 Å². The van der Waals surface area contributed by atoms with Crippen molar-refractivity contribution < 1.29 is 28.9 Å². The molecule has 0 saturated carbocycles. The van der Waals surface area contributed by atoms with Crippen LogP contribution in [0.25, 0.3) is 10.9 Å². The molecule has 3 aromatic carbocycles. The maximum atomic E-state index is 13.5. The van der Waals surface area contributed by atoms with Crippen molar-refractivity contribution in [2.24, 2.45) is 0 Å². The van der Waals surface area contributed by atoms with Crippen molar-refractivity contribution in [2.45, 2.75) is 37.2 Å². The summed E-state index contributed by atoms with van der Waals surface area (Å²) in [6.45, 7) is -0.489. The lowest BCUT2D eigenvalue weighted by Gasteiger charge is -2.18. The third kappa shape index (κ3) is 8.14. The standard InChI is InChI=1S/C32H29ClFN3O5S2/c33-28-11-23(4-5-30(28)41-17-19-2-1-3-22(34)8-19)37-32-21(14-35)15-36-29-13-31(42-18-25(40)16-38)20(10-27(29)32)9-24(39)12-26-6-7-43-44-26/h1-5,8,10-11,13,15,25-26,38,40H,6-7,9,12,16-18H2,(H,36,37)/t25-,26-/m1/s1. The largest absolute Gasteiger partial charge is 0.490 e. The lowest BCUT2D eigenvalue weighted by atomic mass is 10.00. The molecule has 0 radical (unpaired) electrons. The van der Waals surface area contributed by atoms with Crippen LogP contribution in [0.2, 0.25) is 5.02 Å². The Morgan fingerprint density at radius 2 is 2.07 bits per heavy atom. The van der Waals surface area contributed by atoms with Crippen LogP contribution in [0.4, 0.5) is 15.8 Å². The zero-order valence-electron chi connectivity index (χ0n) is 23.5. The van der Waals surface area contributed by atoms with Crippen LogP contribution in [0.15, 0.2) is 60.8 Å². The summed E-state index contributed by atoms with van der Waals surface area (Å²) in [5, 5.41) is 33.5. The van der Waals surface area contributed by atoms with Crippen LogP contribution >= 0.6 is 33.2 Å². The molecule has 1 aromatic heterocycles. The molecule has 1 aliphatic rings. The number of halogens is 2. The van der Waals surface area contributed by atoms with Gasteiger partial charge in [-0.25, -0.2) is 4.39 Å². The molecule has 0 unspecified atom stereocenters. The molecule has 12 heteroatoms. The Morgan fingerprint density at radius 3 is 2.80 bits per heavy atom. The summed E-state index contributed by atoms with van der Waals surface area (Å²) in [6, 6.07) is 16.8. The van der Waals surface area contributed by atoms with Crippen LogP contribution < -0.4 is 14.8 Å². The van der Waals surface area contributed by atoms with E-state index >= 15 is 0 Å². The number of Topliss-reactive ketones (excluding diaryl/α,β-unsaturated/α-hetero) is 1. The van der Waals surface area contributed by atoms with Crippen LogP contribution in [0.5, 0.6) is 11.5 Å². The van der Waals surface area contributed by atoms with Gasteiger partial charge in [0.05, 0.1) is 28.4 Å². The van der Waals surface area contributed by atoms with E-state index in [1.54, 1.807) is 64.1 Å². The van der Waals surface area contributed by atoms with Gasteiger partial charge in [0.25, 0.3) is 0 Å². The fourth-order valence-corrected chi connectivity index (χ4v) is 7.84. The van der Waals surface area contributed by atoms with E-state index in [4.69, 9.17) is 21.1 Å². The number of carbonyl (C=O) groups is 1. The van der Waals surface area contributed by atoms with E-state index in [1.165, 1.54) is 18.3 Å². The summed E-state index contributed by atoms with van der Waals surface area (Å²) >= 11 is 6.52. The maximum absolute atomic E-state index is 13.5. The van der Waals surface area contributed by atoms with Gasteiger partial charge in [0.1, 0.15) is 48.5 Å². The third-order valence-corrected chi connectivity index (χ3v) is 10.1. The predicted molar refractivity (Wildman–Crippen MR) is 172 cm³/mol. The van der Waals surface area contributed by atoms with E-state index in [1.807, 2.05) is 0 Å².